The molecule has 4 rings (SSSR count). The largest absolute Gasteiger partial charge is 0.492 e. The van der Waals surface area contributed by atoms with Crippen LogP contribution >= 0.6 is 0 Å². The number of H-pyrrole nitrogens is 1. The molecule has 1 spiro atoms. The van der Waals surface area contributed by atoms with Gasteiger partial charge in [0, 0.05) is 43.9 Å². The molecule has 1 aromatic heterocycles. The Kier molecular flexibility index (Phi) is 6.42. The van der Waals surface area contributed by atoms with Gasteiger partial charge >= 0.3 is 5.69 Å². The Hall–Kier alpha value is -2.95. The van der Waals surface area contributed by atoms with Crippen molar-refractivity contribution in [3.8, 4) is 5.75 Å². The van der Waals surface area contributed by atoms with E-state index in [0.29, 0.717) is 56.8 Å². The molecule has 10 heteroatoms. The Bertz CT molecular complexity index is 1120. The standard InChI is InChI=1S/C23H30N4O6/c1-22(31)15-33-23(14-18(22)27-9-5-19(28)25-21(27)30)6-10-26(11-7-23)20(29)16-3-2-4-17(13-16)32-12-8-24/h2-5,9,13,18,31H,6-8,10-12,14-15,24H2,1H3,(H,25,28,30)/t18-,22-/m0/s1. The number of nitrogens with zero attached hydrogens (tertiary/aromatic N) is 2. The molecule has 2 aliphatic heterocycles. The second-order valence-electron chi connectivity index (χ2n) is 9.02. The van der Waals surface area contributed by atoms with Crippen LogP contribution in [0.1, 0.15) is 42.6 Å². The van der Waals surface area contributed by atoms with E-state index in [2.05, 4.69) is 4.98 Å². The molecule has 2 aromatic rings. The lowest BCUT2D eigenvalue weighted by Gasteiger charge is -2.51. The average Bonchev–Trinajstić information content (AvgIpc) is 2.80. The van der Waals surface area contributed by atoms with E-state index in [0.717, 1.165) is 0 Å². The lowest BCUT2D eigenvalue weighted by Crippen LogP contribution is -2.58. The van der Waals surface area contributed by atoms with Gasteiger partial charge in [-0.15, -0.1) is 0 Å². The number of aliphatic hydroxyl groups is 1. The normalized spacial score (nSPS) is 24.6. The number of hydrogen-bond acceptors (Lipinski definition) is 7. The minimum absolute atomic E-state index is 0.0533. The number of hydrogen-bond donors (Lipinski definition) is 3. The summed E-state index contributed by atoms with van der Waals surface area (Å²) in [6.45, 7) is 3.43. The fraction of sp³-hybridized carbons (Fsp3) is 0.522. The molecular weight excluding hydrogens is 428 g/mol. The number of nitrogens with one attached hydrogen (secondary N) is 1. The molecule has 2 saturated heterocycles. The summed E-state index contributed by atoms with van der Waals surface area (Å²) in [4.78, 5) is 40.9. The molecule has 1 aromatic carbocycles. The fourth-order valence-electron chi connectivity index (χ4n) is 4.64. The molecule has 0 saturated carbocycles. The Labute approximate surface area is 190 Å². The number of rotatable bonds is 5. The summed E-state index contributed by atoms with van der Waals surface area (Å²) in [6.07, 6.45) is 2.97. The number of carbonyl (C=O) groups is 1. The quantitative estimate of drug-likeness (QED) is 0.584. The molecule has 2 fully saturated rings. The third-order valence-electron chi connectivity index (χ3n) is 6.57. The zero-order valence-corrected chi connectivity index (χ0v) is 18.7. The van der Waals surface area contributed by atoms with E-state index in [1.807, 2.05) is 0 Å². The van der Waals surface area contributed by atoms with Crippen LogP contribution in [0.4, 0.5) is 0 Å². The van der Waals surface area contributed by atoms with Gasteiger partial charge in [-0.05, 0) is 38.0 Å². The molecule has 1 amide bonds. The highest BCUT2D eigenvalue weighted by atomic mass is 16.5. The number of piperidine rings is 1. The van der Waals surface area contributed by atoms with E-state index in [9.17, 15) is 19.5 Å². The minimum Gasteiger partial charge on any atom is -0.492 e. The summed E-state index contributed by atoms with van der Waals surface area (Å²) in [6, 6.07) is 7.76. The van der Waals surface area contributed by atoms with Crippen molar-refractivity contribution in [1.29, 1.82) is 0 Å². The lowest BCUT2D eigenvalue weighted by molar-refractivity contribution is -0.199. The van der Waals surface area contributed by atoms with Crippen LogP contribution in [0, 0.1) is 0 Å². The third-order valence-corrected chi connectivity index (χ3v) is 6.57. The number of ether oxygens (including phenoxy) is 2. The van der Waals surface area contributed by atoms with Gasteiger partial charge in [-0.2, -0.15) is 0 Å². The fourth-order valence-corrected chi connectivity index (χ4v) is 4.64. The number of aromatic amines is 1. The number of nitrogens with two attached hydrogens (primary N) is 1. The highest BCUT2D eigenvalue weighted by Crippen LogP contribution is 2.43. The monoisotopic (exact) mass is 458 g/mol. The Morgan fingerprint density at radius 3 is 2.76 bits per heavy atom. The van der Waals surface area contributed by atoms with Crippen LogP contribution in [0.2, 0.25) is 0 Å². The lowest BCUT2D eigenvalue weighted by atomic mass is 9.77. The van der Waals surface area contributed by atoms with Crippen LogP contribution in [-0.2, 0) is 4.74 Å². The number of aromatic nitrogens is 2. The molecule has 2 aliphatic rings. The van der Waals surface area contributed by atoms with Gasteiger partial charge in [-0.3, -0.25) is 19.1 Å². The first-order valence-electron chi connectivity index (χ1n) is 11.1. The molecule has 0 bridgehead atoms. The Morgan fingerprint density at radius 2 is 2.06 bits per heavy atom. The van der Waals surface area contributed by atoms with E-state index in [4.69, 9.17) is 15.2 Å². The van der Waals surface area contributed by atoms with Gasteiger partial charge in [0.2, 0.25) is 0 Å². The van der Waals surface area contributed by atoms with Crippen LogP contribution in [0.15, 0.2) is 46.1 Å². The predicted molar refractivity (Wildman–Crippen MR) is 120 cm³/mol. The topological polar surface area (TPSA) is 140 Å². The van der Waals surface area contributed by atoms with E-state index in [1.165, 1.54) is 16.8 Å². The molecule has 0 unspecified atom stereocenters. The summed E-state index contributed by atoms with van der Waals surface area (Å²) in [5.74, 6) is 0.520. The van der Waals surface area contributed by atoms with Gasteiger partial charge in [-0.25, -0.2) is 4.79 Å². The van der Waals surface area contributed by atoms with Gasteiger partial charge in [0.1, 0.15) is 18.0 Å². The van der Waals surface area contributed by atoms with Gasteiger partial charge in [-0.1, -0.05) is 6.07 Å². The zero-order valence-electron chi connectivity index (χ0n) is 18.7. The van der Waals surface area contributed by atoms with Crippen molar-refractivity contribution in [3.63, 3.8) is 0 Å². The summed E-state index contributed by atoms with van der Waals surface area (Å²) in [5.41, 5.74) is 3.14. The van der Waals surface area contributed by atoms with Crippen molar-refractivity contribution in [2.45, 2.75) is 43.4 Å². The van der Waals surface area contributed by atoms with Crippen molar-refractivity contribution < 1.29 is 19.4 Å². The summed E-state index contributed by atoms with van der Waals surface area (Å²) < 4.78 is 13.0. The SMILES string of the molecule is C[C@]1(O)COC2(CCN(C(=O)c3cccc(OCCN)c3)CC2)C[C@@H]1n1ccc(=O)[nH]c1=O. The van der Waals surface area contributed by atoms with Crippen molar-refractivity contribution in [2.24, 2.45) is 5.73 Å². The van der Waals surface area contributed by atoms with Gasteiger partial charge in [0.15, 0.2) is 0 Å². The van der Waals surface area contributed by atoms with Crippen LogP contribution in [0.5, 0.6) is 5.75 Å². The van der Waals surface area contributed by atoms with Crippen molar-refractivity contribution in [1.82, 2.24) is 14.5 Å². The molecule has 2 atom stereocenters. The zero-order chi connectivity index (χ0) is 23.6. The molecule has 3 heterocycles. The number of carbonyl (C=O) groups excluding carboxylic acids is 1. The molecule has 4 N–H and O–H groups in total. The Balaban J connectivity index is 1.46. The van der Waals surface area contributed by atoms with Crippen LogP contribution in [-0.4, -0.2) is 69.5 Å². The summed E-state index contributed by atoms with van der Waals surface area (Å²) >= 11 is 0. The second-order valence-corrected chi connectivity index (χ2v) is 9.02. The molecular formula is C23H30N4O6. The second kappa shape index (κ2) is 9.12. The van der Waals surface area contributed by atoms with E-state index < -0.39 is 28.5 Å². The molecule has 0 aliphatic carbocycles. The van der Waals surface area contributed by atoms with Gasteiger partial charge in [0.05, 0.1) is 18.2 Å². The van der Waals surface area contributed by atoms with E-state index in [1.54, 1.807) is 36.1 Å². The molecule has 0 radical (unpaired) electrons. The van der Waals surface area contributed by atoms with E-state index in [-0.39, 0.29) is 12.5 Å². The number of benzene rings is 1. The maximum atomic E-state index is 13.0. The van der Waals surface area contributed by atoms with Crippen LogP contribution < -0.4 is 21.7 Å². The molecule has 178 valence electrons. The molecule has 10 nitrogen and oxygen atoms in total. The Morgan fingerprint density at radius 1 is 1.30 bits per heavy atom. The van der Waals surface area contributed by atoms with Gasteiger partial charge in [0.25, 0.3) is 11.5 Å². The van der Waals surface area contributed by atoms with Crippen LogP contribution in [0.3, 0.4) is 0 Å². The first-order chi connectivity index (χ1) is 15.7. The summed E-state index contributed by atoms with van der Waals surface area (Å²) in [5, 5.41) is 10.9. The average molecular weight is 459 g/mol. The minimum atomic E-state index is -1.27. The van der Waals surface area contributed by atoms with Crippen LogP contribution in [0.25, 0.3) is 0 Å². The van der Waals surface area contributed by atoms with E-state index >= 15 is 0 Å². The first kappa shape index (κ1) is 23.2. The highest BCUT2D eigenvalue weighted by Gasteiger charge is 2.49. The third kappa shape index (κ3) is 4.87. The smallest absolute Gasteiger partial charge is 0.328 e. The van der Waals surface area contributed by atoms with Crippen molar-refractivity contribution in [3.05, 3.63) is 62.9 Å². The van der Waals surface area contributed by atoms with Crippen molar-refractivity contribution >= 4 is 5.91 Å². The highest BCUT2D eigenvalue weighted by molar-refractivity contribution is 5.94. The number of amides is 1. The maximum Gasteiger partial charge on any atom is 0.328 e. The number of likely N-dealkylation sites (tertiary alicyclic amines) is 1. The summed E-state index contributed by atoms with van der Waals surface area (Å²) in [7, 11) is 0. The van der Waals surface area contributed by atoms with Gasteiger partial charge < -0.3 is 25.2 Å². The predicted octanol–water partition coefficient (Wildman–Crippen LogP) is 0.262. The first-order valence-corrected chi connectivity index (χ1v) is 11.1. The molecule has 33 heavy (non-hydrogen) atoms. The van der Waals surface area contributed by atoms with Crippen molar-refractivity contribution in [2.75, 3.05) is 32.8 Å². The maximum absolute atomic E-state index is 13.0.